The highest BCUT2D eigenvalue weighted by molar-refractivity contribution is 5.95. The second kappa shape index (κ2) is 5.35. The molecule has 1 aliphatic heterocycles. The third-order valence-corrected chi connectivity index (χ3v) is 3.41. The van der Waals surface area contributed by atoms with Gasteiger partial charge in [-0.1, -0.05) is 24.3 Å². The van der Waals surface area contributed by atoms with Crippen molar-refractivity contribution >= 4 is 17.3 Å². The van der Waals surface area contributed by atoms with Gasteiger partial charge in [-0.3, -0.25) is 4.79 Å². The molecule has 0 radical (unpaired) electrons. The Morgan fingerprint density at radius 2 is 1.90 bits per heavy atom. The van der Waals surface area contributed by atoms with Crippen molar-refractivity contribution in [3.8, 4) is 0 Å². The normalized spacial score (nSPS) is 17.3. The molecule has 2 aromatic rings. The molecule has 0 bridgehead atoms. The van der Waals surface area contributed by atoms with Crippen molar-refractivity contribution in [2.24, 2.45) is 0 Å². The number of anilines is 2. The highest BCUT2D eigenvalue weighted by Crippen LogP contribution is 2.28. The highest BCUT2D eigenvalue weighted by atomic mass is 16.5. The maximum atomic E-state index is 12.3. The molecular weight excluding hydrogens is 252 g/mol. The fraction of sp³-hybridized carbons (Fsp3) is 0.188. The summed E-state index contributed by atoms with van der Waals surface area (Å²) in [5, 5.41) is 2.86. The summed E-state index contributed by atoms with van der Waals surface area (Å²) in [6, 6.07) is 15.0. The molecule has 0 spiro atoms. The second-order valence-electron chi connectivity index (χ2n) is 4.81. The van der Waals surface area contributed by atoms with Crippen LogP contribution in [0.4, 0.5) is 11.4 Å². The molecule has 1 unspecified atom stereocenters. The average molecular weight is 268 g/mol. The summed E-state index contributed by atoms with van der Waals surface area (Å²) in [5.74, 6) is -0.151. The number of benzene rings is 2. The van der Waals surface area contributed by atoms with E-state index in [2.05, 4.69) is 5.32 Å². The van der Waals surface area contributed by atoms with Crippen LogP contribution in [0.5, 0.6) is 0 Å². The Hall–Kier alpha value is -2.33. The molecule has 0 saturated heterocycles. The number of carbonyl (C=O) groups excluding carboxylic acids is 1. The molecule has 1 amide bonds. The lowest BCUT2D eigenvalue weighted by Gasteiger charge is -2.25. The molecule has 4 heteroatoms. The van der Waals surface area contributed by atoms with Crippen LogP contribution in [0, 0.1) is 0 Å². The van der Waals surface area contributed by atoms with Crippen LogP contribution in [0.1, 0.15) is 17.2 Å². The highest BCUT2D eigenvalue weighted by Gasteiger charge is 2.27. The number of nitrogens with two attached hydrogens (primary N) is 1. The molecule has 102 valence electrons. The summed E-state index contributed by atoms with van der Waals surface area (Å²) in [6.07, 6.45) is 0.305. The summed E-state index contributed by atoms with van der Waals surface area (Å²) < 4.78 is 5.63. The number of fused-ring (bicyclic) bond motifs is 1. The number of nitrogen functional groups attached to an aromatic ring is 1. The number of ether oxygens (including phenoxy) is 1. The smallest absolute Gasteiger partial charge is 0.258 e. The molecule has 0 saturated carbocycles. The van der Waals surface area contributed by atoms with E-state index in [0.717, 1.165) is 17.7 Å². The third kappa shape index (κ3) is 2.51. The SMILES string of the molecule is Nc1ccc(NC(=O)C2OCCc3ccccc32)cc1. The second-order valence-corrected chi connectivity index (χ2v) is 4.81. The molecule has 20 heavy (non-hydrogen) atoms. The van der Waals surface area contributed by atoms with Crippen LogP contribution in [0.2, 0.25) is 0 Å². The van der Waals surface area contributed by atoms with Crippen LogP contribution in [0.3, 0.4) is 0 Å². The van der Waals surface area contributed by atoms with Gasteiger partial charge in [0.05, 0.1) is 6.61 Å². The van der Waals surface area contributed by atoms with Gasteiger partial charge in [-0.25, -0.2) is 0 Å². The number of rotatable bonds is 2. The minimum Gasteiger partial charge on any atom is -0.399 e. The predicted molar refractivity (Wildman–Crippen MR) is 78.3 cm³/mol. The van der Waals surface area contributed by atoms with Crippen molar-refractivity contribution in [3.05, 3.63) is 59.7 Å². The van der Waals surface area contributed by atoms with E-state index in [4.69, 9.17) is 10.5 Å². The van der Waals surface area contributed by atoms with Gasteiger partial charge in [0.2, 0.25) is 0 Å². The van der Waals surface area contributed by atoms with Crippen LogP contribution in [-0.2, 0) is 16.0 Å². The van der Waals surface area contributed by atoms with Crippen LogP contribution >= 0.6 is 0 Å². The summed E-state index contributed by atoms with van der Waals surface area (Å²) in [4.78, 5) is 12.3. The van der Waals surface area contributed by atoms with E-state index in [1.54, 1.807) is 24.3 Å². The van der Waals surface area contributed by atoms with Crippen molar-refractivity contribution in [1.82, 2.24) is 0 Å². The first kappa shape index (κ1) is 12.7. The summed E-state index contributed by atoms with van der Waals surface area (Å²) in [6.45, 7) is 0.566. The van der Waals surface area contributed by atoms with E-state index in [9.17, 15) is 4.79 Å². The molecule has 0 aromatic heterocycles. The van der Waals surface area contributed by atoms with Crippen molar-refractivity contribution in [3.63, 3.8) is 0 Å². The molecule has 4 nitrogen and oxygen atoms in total. The minimum absolute atomic E-state index is 0.151. The number of hydrogen-bond acceptors (Lipinski definition) is 3. The first-order valence-corrected chi connectivity index (χ1v) is 6.60. The monoisotopic (exact) mass is 268 g/mol. The van der Waals surface area contributed by atoms with E-state index in [1.807, 2.05) is 24.3 Å². The Kier molecular flexibility index (Phi) is 3.39. The Balaban J connectivity index is 1.80. The quantitative estimate of drug-likeness (QED) is 0.823. The van der Waals surface area contributed by atoms with Gasteiger partial charge in [-0.15, -0.1) is 0 Å². The average Bonchev–Trinajstić information content (AvgIpc) is 2.49. The number of nitrogens with one attached hydrogen (secondary N) is 1. The zero-order chi connectivity index (χ0) is 13.9. The lowest BCUT2D eigenvalue weighted by Crippen LogP contribution is -2.28. The van der Waals surface area contributed by atoms with Crippen LogP contribution < -0.4 is 11.1 Å². The lowest BCUT2D eigenvalue weighted by atomic mass is 9.97. The topological polar surface area (TPSA) is 64.3 Å². The Morgan fingerprint density at radius 3 is 2.70 bits per heavy atom. The van der Waals surface area contributed by atoms with Gasteiger partial charge >= 0.3 is 0 Å². The van der Waals surface area contributed by atoms with Crippen molar-refractivity contribution < 1.29 is 9.53 Å². The van der Waals surface area contributed by atoms with Gasteiger partial charge in [-0.05, 0) is 41.8 Å². The van der Waals surface area contributed by atoms with Gasteiger partial charge in [0.1, 0.15) is 0 Å². The fourth-order valence-electron chi connectivity index (χ4n) is 2.39. The molecule has 1 aliphatic rings. The van der Waals surface area contributed by atoms with Gasteiger partial charge in [-0.2, -0.15) is 0 Å². The van der Waals surface area contributed by atoms with Gasteiger partial charge in [0, 0.05) is 11.4 Å². The predicted octanol–water partition coefficient (Wildman–Crippen LogP) is 2.52. The minimum atomic E-state index is -0.544. The van der Waals surface area contributed by atoms with Crippen LogP contribution in [-0.4, -0.2) is 12.5 Å². The molecule has 0 fully saturated rings. The summed E-state index contributed by atoms with van der Waals surface area (Å²) >= 11 is 0. The molecular formula is C16H16N2O2. The van der Waals surface area contributed by atoms with Gasteiger partial charge in [0.25, 0.3) is 5.91 Å². The number of hydrogen-bond donors (Lipinski definition) is 2. The third-order valence-electron chi connectivity index (χ3n) is 3.41. The molecule has 0 aliphatic carbocycles. The zero-order valence-electron chi connectivity index (χ0n) is 11.0. The molecule has 3 N–H and O–H groups in total. The molecule has 1 atom stereocenters. The largest absolute Gasteiger partial charge is 0.399 e. The van der Waals surface area contributed by atoms with Gasteiger partial charge in [0.15, 0.2) is 6.10 Å². The molecule has 1 heterocycles. The first-order chi connectivity index (χ1) is 9.74. The van der Waals surface area contributed by atoms with Crippen molar-refractivity contribution in [1.29, 1.82) is 0 Å². The van der Waals surface area contributed by atoms with Crippen molar-refractivity contribution in [2.75, 3.05) is 17.7 Å². The zero-order valence-corrected chi connectivity index (χ0v) is 11.0. The summed E-state index contributed by atoms with van der Waals surface area (Å²) in [5.41, 5.74) is 9.14. The van der Waals surface area contributed by atoms with Crippen LogP contribution in [0.25, 0.3) is 0 Å². The molecule has 2 aromatic carbocycles. The van der Waals surface area contributed by atoms with Crippen molar-refractivity contribution in [2.45, 2.75) is 12.5 Å². The van der Waals surface area contributed by atoms with E-state index in [-0.39, 0.29) is 5.91 Å². The van der Waals surface area contributed by atoms with E-state index >= 15 is 0 Å². The fourth-order valence-corrected chi connectivity index (χ4v) is 2.39. The van der Waals surface area contributed by atoms with E-state index in [0.29, 0.717) is 12.3 Å². The summed E-state index contributed by atoms with van der Waals surface area (Å²) in [7, 11) is 0. The Bertz CT molecular complexity index is 623. The maximum Gasteiger partial charge on any atom is 0.258 e. The van der Waals surface area contributed by atoms with E-state index in [1.165, 1.54) is 5.56 Å². The standard InChI is InChI=1S/C16H16N2O2/c17-12-5-7-13(8-6-12)18-16(19)15-14-4-2-1-3-11(14)9-10-20-15/h1-8,15H,9-10,17H2,(H,18,19). The van der Waals surface area contributed by atoms with Crippen LogP contribution in [0.15, 0.2) is 48.5 Å². The lowest BCUT2D eigenvalue weighted by molar-refractivity contribution is -0.128. The molecule has 3 rings (SSSR count). The van der Waals surface area contributed by atoms with Gasteiger partial charge < -0.3 is 15.8 Å². The number of amides is 1. The number of carbonyl (C=O) groups is 1. The van der Waals surface area contributed by atoms with E-state index < -0.39 is 6.10 Å². The first-order valence-electron chi connectivity index (χ1n) is 6.60. The Labute approximate surface area is 117 Å². The Morgan fingerprint density at radius 1 is 1.15 bits per heavy atom. The maximum absolute atomic E-state index is 12.3.